The molecule has 0 heterocycles. The van der Waals surface area contributed by atoms with E-state index in [-0.39, 0.29) is 0 Å². The average Bonchev–Trinajstić information content (AvgIpc) is 2.74. The van der Waals surface area contributed by atoms with Crippen LogP contribution >= 0.6 is 0 Å². The Bertz CT molecular complexity index is 733. The van der Waals surface area contributed by atoms with E-state index < -0.39 is 0 Å². The smallest absolute Gasteiger partial charge is 0.0998 e. The second-order valence-corrected chi connectivity index (χ2v) is 8.20. The van der Waals surface area contributed by atoms with Gasteiger partial charge in [-0.2, -0.15) is 5.26 Å². The standard InChI is InChI=1S/C26H33N/c1-2-3-4-5-7-10-21-13-15-22(16-14-21)24-17-18-26(25(19-24)20-27)23-11-8-6-9-12-23/h6,8-9,11-12,17-19,21-22H,2-5,7,10,13-16H2,1H3. The molecular formula is C26H33N. The zero-order valence-electron chi connectivity index (χ0n) is 16.8. The molecule has 2 aromatic rings. The maximum Gasteiger partial charge on any atom is 0.0998 e. The predicted octanol–water partition coefficient (Wildman–Crippen LogP) is 7.86. The first-order valence-corrected chi connectivity index (χ1v) is 10.9. The Morgan fingerprint density at radius 1 is 0.889 bits per heavy atom. The van der Waals surface area contributed by atoms with Gasteiger partial charge in [0.25, 0.3) is 0 Å². The Hall–Kier alpha value is -2.07. The molecule has 3 rings (SSSR count). The maximum atomic E-state index is 9.65. The summed E-state index contributed by atoms with van der Waals surface area (Å²) in [6, 6.07) is 19.3. The van der Waals surface area contributed by atoms with Crippen LogP contribution in [0.2, 0.25) is 0 Å². The van der Waals surface area contributed by atoms with Gasteiger partial charge in [-0.15, -0.1) is 0 Å². The third-order valence-electron chi connectivity index (χ3n) is 6.28. The van der Waals surface area contributed by atoms with Crippen LogP contribution in [0.25, 0.3) is 11.1 Å². The molecule has 0 aliphatic heterocycles. The van der Waals surface area contributed by atoms with Crippen LogP contribution in [-0.4, -0.2) is 0 Å². The summed E-state index contributed by atoms with van der Waals surface area (Å²) >= 11 is 0. The molecule has 1 heteroatoms. The minimum absolute atomic E-state index is 0.637. The van der Waals surface area contributed by atoms with Gasteiger partial charge in [-0.05, 0) is 60.3 Å². The Kier molecular flexibility index (Phi) is 7.52. The van der Waals surface area contributed by atoms with E-state index in [1.165, 1.54) is 69.8 Å². The zero-order valence-corrected chi connectivity index (χ0v) is 16.8. The van der Waals surface area contributed by atoms with Gasteiger partial charge in [0.1, 0.15) is 0 Å². The summed E-state index contributed by atoms with van der Waals surface area (Å²) in [7, 11) is 0. The van der Waals surface area contributed by atoms with E-state index >= 15 is 0 Å². The molecule has 142 valence electrons. The van der Waals surface area contributed by atoms with Crippen LogP contribution in [0.15, 0.2) is 48.5 Å². The second-order valence-electron chi connectivity index (χ2n) is 8.20. The van der Waals surface area contributed by atoms with Crippen molar-refractivity contribution in [1.82, 2.24) is 0 Å². The van der Waals surface area contributed by atoms with Crippen molar-refractivity contribution in [3.05, 3.63) is 59.7 Å². The molecule has 2 aromatic carbocycles. The van der Waals surface area contributed by atoms with E-state index in [4.69, 9.17) is 0 Å². The van der Waals surface area contributed by atoms with E-state index in [2.05, 4.69) is 43.3 Å². The van der Waals surface area contributed by atoms with Gasteiger partial charge in [-0.25, -0.2) is 0 Å². The lowest BCUT2D eigenvalue weighted by Gasteiger charge is -2.29. The van der Waals surface area contributed by atoms with Crippen LogP contribution in [0.1, 0.15) is 88.2 Å². The summed E-state index contributed by atoms with van der Waals surface area (Å²) in [5.41, 5.74) is 4.37. The van der Waals surface area contributed by atoms with Gasteiger partial charge < -0.3 is 0 Å². The molecule has 0 unspecified atom stereocenters. The molecular weight excluding hydrogens is 326 g/mol. The van der Waals surface area contributed by atoms with Gasteiger partial charge in [-0.1, -0.05) is 87.9 Å². The number of rotatable bonds is 8. The van der Waals surface area contributed by atoms with Crippen molar-refractivity contribution >= 4 is 0 Å². The van der Waals surface area contributed by atoms with Gasteiger partial charge in [-0.3, -0.25) is 0 Å². The number of unbranched alkanes of at least 4 members (excludes halogenated alkanes) is 4. The van der Waals surface area contributed by atoms with Gasteiger partial charge in [0.15, 0.2) is 0 Å². The topological polar surface area (TPSA) is 23.8 Å². The van der Waals surface area contributed by atoms with Crippen molar-refractivity contribution in [3.8, 4) is 17.2 Å². The molecule has 0 spiro atoms. The highest BCUT2D eigenvalue weighted by Crippen LogP contribution is 2.39. The summed E-state index contributed by atoms with van der Waals surface area (Å²) in [5, 5.41) is 9.65. The molecule has 0 radical (unpaired) electrons. The SMILES string of the molecule is CCCCCCCC1CCC(c2ccc(-c3ccccc3)c(C#N)c2)CC1. The molecule has 0 saturated heterocycles. The zero-order chi connectivity index (χ0) is 18.9. The minimum atomic E-state index is 0.637. The highest BCUT2D eigenvalue weighted by Gasteiger charge is 2.22. The first-order chi connectivity index (χ1) is 13.3. The van der Waals surface area contributed by atoms with Crippen LogP contribution in [0.3, 0.4) is 0 Å². The summed E-state index contributed by atoms with van der Waals surface area (Å²) in [5.74, 6) is 1.57. The molecule has 1 fully saturated rings. The summed E-state index contributed by atoms with van der Waals surface area (Å²) in [4.78, 5) is 0. The van der Waals surface area contributed by atoms with Crippen molar-refractivity contribution in [3.63, 3.8) is 0 Å². The molecule has 0 N–H and O–H groups in total. The lowest BCUT2D eigenvalue weighted by Crippen LogP contribution is -2.13. The third-order valence-corrected chi connectivity index (χ3v) is 6.28. The molecule has 1 nitrogen and oxygen atoms in total. The molecule has 0 amide bonds. The number of nitriles is 1. The van der Waals surface area contributed by atoms with Crippen LogP contribution in [0.4, 0.5) is 0 Å². The maximum absolute atomic E-state index is 9.65. The minimum Gasteiger partial charge on any atom is -0.192 e. The number of hydrogen-bond acceptors (Lipinski definition) is 1. The molecule has 1 saturated carbocycles. The highest BCUT2D eigenvalue weighted by molar-refractivity contribution is 5.71. The number of nitrogens with zero attached hydrogens (tertiary/aromatic N) is 1. The molecule has 0 atom stereocenters. The largest absolute Gasteiger partial charge is 0.192 e. The normalized spacial score (nSPS) is 19.6. The van der Waals surface area contributed by atoms with Gasteiger partial charge in [0.05, 0.1) is 11.6 Å². The summed E-state index contributed by atoms with van der Waals surface area (Å²) < 4.78 is 0. The molecule has 0 bridgehead atoms. The van der Waals surface area contributed by atoms with Gasteiger partial charge in [0.2, 0.25) is 0 Å². The fourth-order valence-electron chi connectivity index (χ4n) is 4.60. The Morgan fingerprint density at radius 3 is 2.33 bits per heavy atom. The molecule has 1 aliphatic carbocycles. The van der Waals surface area contributed by atoms with Crippen molar-refractivity contribution in [2.45, 2.75) is 77.0 Å². The quantitative estimate of drug-likeness (QED) is 0.440. The van der Waals surface area contributed by atoms with Gasteiger partial charge in [0, 0.05) is 0 Å². The fourth-order valence-corrected chi connectivity index (χ4v) is 4.60. The molecule has 27 heavy (non-hydrogen) atoms. The Morgan fingerprint density at radius 2 is 1.63 bits per heavy atom. The van der Waals surface area contributed by atoms with Crippen molar-refractivity contribution in [1.29, 1.82) is 5.26 Å². The first-order valence-electron chi connectivity index (χ1n) is 10.9. The van der Waals surface area contributed by atoms with Crippen LogP contribution in [-0.2, 0) is 0 Å². The van der Waals surface area contributed by atoms with Gasteiger partial charge >= 0.3 is 0 Å². The first kappa shape index (κ1) is 19.7. The van der Waals surface area contributed by atoms with E-state index in [0.717, 1.165) is 22.6 Å². The van der Waals surface area contributed by atoms with E-state index in [1.54, 1.807) is 0 Å². The van der Waals surface area contributed by atoms with Crippen molar-refractivity contribution in [2.24, 2.45) is 5.92 Å². The van der Waals surface area contributed by atoms with Crippen molar-refractivity contribution in [2.75, 3.05) is 0 Å². The summed E-state index contributed by atoms with van der Waals surface area (Å²) in [6.45, 7) is 2.28. The van der Waals surface area contributed by atoms with E-state index in [0.29, 0.717) is 5.92 Å². The fraction of sp³-hybridized carbons (Fsp3) is 0.500. The average molecular weight is 360 g/mol. The lowest BCUT2D eigenvalue weighted by atomic mass is 9.76. The third kappa shape index (κ3) is 5.46. The monoisotopic (exact) mass is 359 g/mol. The lowest BCUT2D eigenvalue weighted by molar-refractivity contribution is 0.302. The van der Waals surface area contributed by atoms with Crippen molar-refractivity contribution < 1.29 is 0 Å². The van der Waals surface area contributed by atoms with Crippen LogP contribution in [0.5, 0.6) is 0 Å². The van der Waals surface area contributed by atoms with E-state index in [1.807, 2.05) is 18.2 Å². The van der Waals surface area contributed by atoms with Crippen LogP contribution in [0, 0.1) is 17.2 Å². The van der Waals surface area contributed by atoms with E-state index in [9.17, 15) is 5.26 Å². The molecule has 0 aromatic heterocycles. The van der Waals surface area contributed by atoms with Crippen LogP contribution < -0.4 is 0 Å². The second kappa shape index (κ2) is 10.3. The number of hydrogen-bond donors (Lipinski definition) is 0. The summed E-state index contributed by atoms with van der Waals surface area (Å²) in [6.07, 6.45) is 13.7. The number of benzene rings is 2. The molecule has 1 aliphatic rings. The Labute approximate surface area is 165 Å². The highest BCUT2D eigenvalue weighted by atomic mass is 14.3. The predicted molar refractivity (Wildman–Crippen MR) is 115 cm³/mol. The Balaban J connectivity index is 1.56.